The quantitative estimate of drug-likeness (QED) is 0.571. The molecule has 1 aliphatic rings. The van der Waals surface area contributed by atoms with E-state index in [-0.39, 0.29) is 24.2 Å². The summed E-state index contributed by atoms with van der Waals surface area (Å²) in [6.45, 7) is 4.66. The van der Waals surface area contributed by atoms with Gasteiger partial charge in [0.15, 0.2) is 0 Å². The number of hydrogen-bond acceptors (Lipinski definition) is 3. The van der Waals surface area contributed by atoms with Crippen LogP contribution in [0.3, 0.4) is 0 Å². The van der Waals surface area contributed by atoms with Crippen molar-refractivity contribution in [2.75, 3.05) is 13.2 Å². The summed E-state index contributed by atoms with van der Waals surface area (Å²) >= 11 is 0. The molecule has 66 valence electrons. The predicted molar refractivity (Wildman–Crippen MR) is 43.2 cm³/mol. The topological polar surface area (TPSA) is 55.5 Å². The molecule has 1 fully saturated rings. The van der Waals surface area contributed by atoms with Gasteiger partial charge >= 0.3 is 0 Å². The van der Waals surface area contributed by atoms with E-state index in [1.54, 1.807) is 0 Å². The Bertz CT molecular complexity index is 136. The van der Waals surface area contributed by atoms with Crippen LogP contribution in [0.15, 0.2) is 0 Å². The zero-order valence-electron chi connectivity index (χ0n) is 7.21. The van der Waals surface area contributed by atoms with E-state index in [2.05, 4.69) is 0 Å². The average molecular weight is 159 g/mol. The summed E-state index contributed by atoms with van der Waals surface area (Å²) in [5.74, 6) is 0.186. The molecule has 0 bridgehead atoms. The van der Waals surface area contributed by atoms with Gasteiger partial charge in [0.2, 0.25) is 0 Å². The molecule has 0 spiro atoms. The first-order valence-electron chi connectivity index (χ1n) is 4.07. The van der Waals surface area contributed by atoms with Crippen LogP contribution in [-0.4, -0.2) is 30.0 Å². The van der Waals surface area contributed by atoms with E-state index in [0.717, 1.165) is 6.42 Å². The van der Waals surface area contributed by atoms with E-state index in [1.807, 2.05) is 13.8 Å². The first-order chi connectivity index (χ1) is 5.06. The first kappa shape index (κ1) is 8.97. The fourth-order valence-electron chi connectivity index (χ4n) is 1.46. The van der Waals surface area contributed by atoms with Crippen molar-refractivity contribution in [2.45, 2.75) is 31.9 Å². The minimum absolute atomic E-state index is 0.167. The molecule has 11 heavy (non-hydrogen) atoms. The van der Waals surface area contributed by atoms with E-state index >= 15 is 0 Å². The zero-order chi connectivity index (χ0) is 8.48. The van der Waals surface area contributed by atoms with Gasteiger partial charge in [0.25, 0.3) is 0 Å². The maximum absolute atomic E-state index is 9.01. The molecular formula is C8H17NO2. The number of hydrogen-bond donors (Lipinski definition) is 2. The Hall–Kier alpha value is -0.120. The molecular weight excluding hydrogens is 142 g/mol. The van der Waals surface area contributed by atoms with Gasteiger partial charge in [-0.05, 0) is 20.3 Å². The van der Waals surface area contributed by atoms with Crippen molar-refractivity contribution < 1.29 is 9.84 Å². The minimum atomic E-state index is -0.346. The first-order valence-corrected chi connectivity index (χ1v) is 4.07. The number of ether oxygens (including phenoxy) is 1. The van der Waals surface area contributed by atoms with E-state index in [9.17, 15) is 0 Å². The van der Waals surface area contributed by atoms with Crippen molar-refractivity contribution in [3.8, 4) is 0 Å². The number of nitrogens with two attached hydrogens (primary N) is 1. The molecule has 3 heteroatoms. The Morgan fingerprint density at radius 3 is 2.82 bits per heavy atom. The fourth-order valence-corrected chi connectivity index (χ4v) is 1.46. The minimum Gasteiger partial charge on any atom is -0.396 e. The molecule has 0 aromatic rings. The van der Waals surface area contributed by atoms with Crippen LogP contribution in [0.5, 0.6) is 0 Å². The lowest BCUT2D eigenvalue weighted by atomic mass is 9.82. The van der Waals surface area contributed by atoms with Gasteiger partial charge in [0.1, 0.15) is 0 Å². The van der Waals surface area contributed by atoms with E-state index in [0.29, 0.717) is 6.61 Å². The largest absolute Gasteiger partial charge is 0.396 e. The monoisotopic (exact) mass is 159 g/mol. The molecule has 1 saturated heterocycles. The summed E-state index contributed by atoms with van der Waals surface area (Å²) in [6.07, 6.45) is 1.10. The second kappa shape index (κ2) is 3.09. The average Bonchev–Trinajstić information content (AvgIpc) is 1.94. The highest BCUT2D eigenvalue weighted by Gasteiger charge is 2.35. The molecule has 1 heterocycles. The number of aliphatic hydroxyl groups excluding tert-OH is 1. The van der Waals surface area contributed by atoms with Crippen LogP contribution in [0.2, 0.25) is 0 Å². The van der Waals surface area contributed by atoms with Crippen molar-refractivity contribution in [3.05, 3.63) is 0 Å². The van der Waals surface area contributed by atoms with Gasteiger partial charge in [-0.1, -0.05) is 0 Å². The van der Waals surface area contributed by atoms with Crippen molar-refractivity contribution in [3.63, 3.8) is 0 Å². The summed E-state index contributed by atoms with van der Waals surface area (Å²) in [6, 6.07) is 0. The molecule has 1 aliphatic heterocycles. The van der Waals surface area contributed by atoms with Gasteiger partial charge in [-0.25, -0.2) is 0 Å². The molecule has 0 aromatic heterocycles. The van der Waals surface area contributed by atoms with Crippen LogP contribution >= 0.6 is 0 Å². The molecule has 0 unspecified atom stereocenters. The maximum Gasteiger partial charge on any atom is 0.0650 e. The van der Waals surface area contributed by atoms with Crippen molar-refractivity contribution >= 4 is 0 Å². The fraction of sp³-hybridized carbons (Fsp3) is 1.00. The molecule has 0 aliphatic carbocycles. The highest BCUT2D eigenvalue weighted by Crippen LogP contribution is 2.26. The second-order valence-corrected chi connectivity index (χ2v) is 3.74. The Kier molecular flexibility index (Phi) is 2.52. The van der Waals surface area contributed by atoms with Crippen LogP contribution in [0.1, 0.15) is 20.3 Å². The molecule has 0 amide bonds. The number of aliphatic hydroxyl groups is 1. The molecule has 3 atom stereocenters. The Morgan fingerprint density at radius 2 is 2.36 bits per heavy atom. The third-order valence-corrected chi connectivity index (χ3v) is 2.45. The van der Waals surface area contributed by atoms with Crippen molar-refractivity contribution in [1.82, 2.24) is 0 Å². The molecule has 3 nitrogen and oxygen atoms in total. The van der Waals surface area contributed by atoms with Gasteiger partial charge in [-0.2, -0.15) is 0 Å². The van der Waals surface area contributed by atoms with Crippen molar-refractivity contribution in [2.24, 2.45) is 11.7 Å². The second-order valence-electron chi connectivity index (χ2n) is 3.74. The molecule has 0 saturated carbocycles. The Balaban J connectivity index is 2.56. The third-order valence-electron chi connectivity index (χ3n) is 2.45. The smallest absolute Gasteiger partial charge is 0.0650 e. The summed E-state index contributed by atoms with van der Waals surface area (Å²) in [4.78, 5) is 0. The van der Waals surface area contributed by atoms with Gasteiger partial charge in [-0.15, -0.1) is 0 Å². The van der Waals surface area contributed by atoms with Crippen LogP contribution in [-0.2, 0) is 4.74 Å². The molecule has 0 aromatic carbocycles. The molecule has 1 rings (SSSR count). The summed E-state index contributed by atoms with van der Waals surface area (Å²) in [5, 5.41) is 9.01. The van der Waals surface area contributed by atoms with E-state index < -0.39 is 0 Å². The Morgan fingerprint density at radius 1 is 1.73 bits per heavy atom. The lowest BCUT2D eigenvalue weighted by Crippen LogP contribution is -2.54. The number of rotatable bonds is 1. The zero-order valence-corrected chi connectivity index (χ0v) is 7.21. The SMILES string of the molecule is C[C@H]1C[C@@H](CO)[C@@](C)(N)CO1. The van der Waals surface area contributed by atoms with Gasteiger partial charge < -0.3 is 15.6 Å². The highest BCUT2D eigenvalue weighted by molar-refractivity contribution is 4.90. The summed E-state index contributed by atoms with van der Waals surface area (Å²) in [7, 11) is 0. The molecule has 3 N–H and O–H groups in total. The summed E-state index contributed by atoms with van der Waals surface area (Å²) < 4.78 is 5.39. The highest BCUT2D eigenvalue weighted by atomic mass is 16.5. The van der Waals surface area contributed by atoms with Gasteiger partial charge in [0, 0.05) is 18.1 Å². The molecule has 0 radical (unpaired) electrons. The van der Waals surface area contributed by atoms with Gasteiger partial charge in [0.05, 0.1) is 12.7 Å². The van der Waals surface area contributed by atoms with Crippen LogP contribution in [0.25, 0.3) is 0 Å². The van der Waals surface area contributed by atoms with Gasteiger partial charge in [-0.3, -0.25) is 0 Å². The van der Waals surface area contributed by atoms with E-state index in [4.69, 9.17) is 15.6 Å². The lowest BCUT2D eigenvalue weighted by Gasteiger charge is -2.39. The van der Waals surface area contributed by atoms with Crippen LogP contribution in [0, 0.1) is 5.92 Å². The standard InChI is InChI=1S/C8H17NO2/c1-6-3-7(4-10)8(2,9)5-11-6/h6-7,10H,3-5,9H2,1-2H3/t6-,7-,8-/m0/s1. The van der Waals surface area contributed by atoms with Crippen LogP contribution in [0.4, 0.5) is 0 Å². The van der Waals surface area contributed by atoms with Crippen molar-refractivity contribution in [1.29, 1.82) is 0 Å². The van der Waals surface area contributed by atoms with Crippen LogP contribution < -0.4 is 5.73 Å². The Labute approximate surface area is 67.5 Å². The maximum atomic E-state index is 9.01. The predicted octanol–water partition coefficient (Wildman–Crippen LogP) is 0.121. The normalized spacial score (nSPS) is 45.8. The third kappa shape index (κ3) is 1.92. The van der Waals surface area contributed by atoms with E-state index in [1.165, 1.54) is 0 Å². The summed E-state index contributed by atoms with van der Waals surface area (Å²) in [5.41, 5.74) is 5.56. The lowest BCUT2D eigenvalue weighted by molar-refractivity contribution is -0.0579.